The van der Waals surface area contributed by atoms with Gasteiger partial charge >= 0.3 is 19.8 Å². The smallest absolute Gasteiger partial charge is 0.462 e. The van der Waals surface area contributed by atoms with E-state index in [2.05, 4.69) is 18.4 Å². The van der Waals surface area contributed by atoms with Crippen LogP contribution in [-0.4, -0.2) is 65.7 Å². The van der Waals surface area contributed by atoms with Crippen molar-refractivity contribution in [2.75, 3.05) is 26.4 Å². The summed E-state index contributed by atoms with van der Waals surface area (Å²) in [6.45, 7) is 2.37. The number of aliphatic hydroxyl groups excluding tert-OH is 2. The summed E-state index contributed by atoms with van der Waals surface area (Å²) in [5.41, 5.74) is 0. The first-order valence-corrected chi connectivity index (χ1v) is 21.5. The average molecular weight is 723 g/mol. The molecule has 0 spiro atoms. The molecule has 0 aromatic heterocycles. The van der Waals surface area contributed by atoms with Gasteiger partial charge in [0.25, 0.3) is 0 Å². The fourth-order valence-electron chi connectivity index (χ4n) is 5.64. The van der Waals surface area contributed by atoms with E-state index < -0.39 is 51.8 Å². The Morgan fingerprint density at radius 1 is 0.531 bits per heavy atom. The number of hydrogen-bond acceptors (Lipinski definition) is 9. The molecule has 3 atom stereocenters. The molecule has 0 aliphatic carbocycles. The highest BCUT2D eigenvalue weighted by Gasteiger charge is 2.27. The molecule has 3 N–H and O–H groups in total. The van der Waals surface area contributed by atoms with Crippen LogP contribution in [0, 0.1) is 0 Å². The van der Waals surface area contributed by atoms with Gasteiger partial charge in [0.15, 0.2) is 6.10 Å². The number of unbranched alkanes of at least 4 members (excludes halogenated alkanes) is 24. The van der Waals surface area contributed by atoms with Crippen molar-refractivity contribution in [3.8, 4) is 0 Å². The quantitative estimate of drug-likeness (QED) is 0.0319. The van der Waals surface area contributed by atoms with Crippen LogP contribution in [0.4, 0.5) is 0 Å². The van der Waals surface area contributed by atoms with Gasteiger partial charge < -0.3 is 24.6 Å². The van der Waals surface area contributed by atoms with Gasteiger partial charge in [0, 0.05) is 12.8 Å². The average Bonchev–Trinajstić information content (AvgIpc) is 3.09. The van der Waals surface area contributed by atoms with Gasteiger partial charge in [-0.1, -0.05) is 168 Å². The summed E-state index contributed by atoms with van der Waals surface area (Å²) in [6, 6.07) is 0. The lowest BCUT2D eigenvalue weighted by atomic mass is 10.0. The molecular formula is C38H75O10P. The standard InChI is InChI=1S/C38H75O10P/c1-3-5-7-9-11-13-14-15-16-17-18-19-20-22-23-25-27-29-37(41)45-33-36(34-47-49(43,44)46-32-35(40)31-39)48-38(42)30-28-26-24-21-12-10-8-6-4-2/h35-36,39-40H,3-34H2,1-2H3,(H,43,44)/t35-,36+/m1/s1. The SMILES string of the molecule is CCCCCCCCCCCCCCCCCCCC(=O)OC[C@@H](COP(=O)(O)OC[C@H](O)CO)OC(=O)CCCCCCCCCCC. The first-order valence-electron chi connectivity index (χ1n) is 20.0. The summed E-state index contributed by atoms with van der Waals surface area (Å²) in [7, 11) is -4.60. The van der Waals surface area contributed by atoms with Crippen LogP contribution < -0.4 is 0 Å². The van der Waals surface area contributed by atoms with Crippen molar-refractivity contribution >= 4 is 19.8 Å². The Kier molecular flexibility index (Phi) is 34.6. The number of phosphoric acid groups is 1. The fourth-order valence-corrected chi connectivity index (χ4v) is 6.43. The molecule has 0 fully saturated rings. The van der Waals surface area contributed by atoms with Gasteiger partial charge in [-0.05, 0) is 12.8 Å². The van der Waals surface area contributed by atoms with E-state index in [1.54, 1.807) is 0 Å². The van der Waals surface area contributed by atoms with E-state index in [1.807, 2.05) is 0 Å². The van der Waals surface area contributed by atoms with E-state index in [4.69, 9.17) is 19.1 Å². The van der Waals surface area contributed by atoms with Crippen LogP contribution in [0.1, 0.15) is 194 Å². The van der Waals surface area contributed by atoms with E-state index in [9.17, 15) is 24.2 Å². The Bertz CT molecular complexity index is 796. The molecule has 0 saturated carbocycles. The number of aliphatic hydroxyl groups is 2. The molecule has 11 heteroatoms. The third kappa shape index (κ3) is 35.2. The summed E-state index contributed by atoms with van der Waals surface area (Å²) in [5, 5.41) is 18.3. The largest absolute Gasteiger partial charge is 0.472 e. The van der Waals surface area contributed by atoms with Gasteiger partial charge in [-0.2, -0.15) is 0 Å². The molecule has 10 nitrogen and oxygen atoms in total. The van der Waals surface area contributed by atoms with Crippen molar-refractivity contribution < 1.29 is 47.8 Å². The van der Waals surface area contributed by atoms with E-state index in [1.165, 1.54) is 122 Å². The van der Waals surface area contributed by atoms with Crippen molar-refractivity contribution in [3.63, 3.8) is 0 Å². The van der Waals surface area contributed by atoms with Gasteiger partial charge in [0.1, 0.15) is 12.7 Å². The van der Waals surface area contributed by atoms with Gasteiger partial charge in [-0.15, -0.1) is 0 Å². The number of rotatable bonds is 38. The molecule has 0 amide bonds. The first kappa shape index (κ1) is 48.0. The van der Waals surface area contributed by atoms with Gasteiger partial charge in [0.2, 0.25) is 0 Å². The van der Waals surface area contributed by atoms with E-state index >= 15 is 0 Å². The minimum absolute atomic E-state index is 0.190. The Balaban J connectivity index is 4.22. The second-order valence-electron chi connectivity index (χ2n) is 13.7. The maximum atomic E-state index is 12.5. The maximum absolute atomic E-state index is 12.5. The monoisotopic (exact) mass is 723 g/mol. The van der Waals surface area contributed by atoms with Crippen LogP contribution >= 0.6 is 7.82 Å². The topological polar surface area (TPSA) is 149 Å². The Hall–Kier alpha value is -1.03. The minimum Gasteiger partial charge on any atom is -0.462 e. The van der Waals surface area contributed by atoms with E-state index in [0.717, 1.165) is 32.1 Å². The summed E-state index contributed by atoms with van der Waals surface area (Å²) in [6.07, 6.45) is 29.4. The van der Waals surface area contributed by atoms with Gasteiger partial charge in [-0.3, -0.25) is 18.6 Å². The summed E-state index contributed by atoms with van der Waals surface area (Å²) in [5.74, 6) is -0.916. The number of esters is 2. The van der Waals surface area contributed by atoms with Gasteiger partial charge in [-0.25, -0.2) is 4.57 Å². The summed E-state index contributed by atoms with van der Waals surface area (Å²) < 4.78 is 32.6. The third-order valence-corrected chi connectivity index (χ3v) is 9.71. The molecule has 0 bridgehead atoms. The van der Waals surface area contributed by atoms with Crippen molar-refractivity contribution in [1.29, 1.82) is 0 Å². The highest BCUT2D eigenvalue weighted by atomic mass is 31.2. The Morgan fingerprint density at radius 2 is 0.878 bits per heavy atom. The number of carbonyl (C=O) groups is 2. The molecule has 0 radical (unpaired) electrons. The highest BCUT2D eigenvalue weighted by molar-refractivity contribution is 7.47. The van der Waals surface area contributed by atoms with Crippen LogP contribution in [-0.2, 0) is 32.7 Å². The maximum Gasteiger partial charge on any atom is 0.472 e. The lowest BCUT2D eigenvalue weighted by molar-refractivity contribution is -0.161. The number of hydrogen-bond donors (Lipinski definition) is 3. The van der Waals surface area contributed by atoms with E-state index in [0.29, 0.717) is 12.8 Å². The van der Waals surface area contributed by atoms with Crippen molar-refractivity contribution in [3.05, 3.63) is 0 Å². The summed E-state index contributed by atoms with van der Waals surface area (Å²) >= 11 is 0. The number of ether oxygens (including phenoxy) is 2. The lowest BCUT2D eigenvalue weighted by Crippen LogP contribution is -2.29. The predicted octanol–water partition coefficient (Wildman–Crippen LogP) is 9.89. The van der Waals surface area contributed by atoms with Crippen molar-refractivity contribution in [2.45, 2.75) is 206 Å². The molecule has 292 valence electrons. The molecular weight excluding hydrogens is 647 g/mol. The zero-order valence-electron chi connectivity index (χ0n) is 31.4. The van der Waals surface area contributed by atoms with E-state index in [-0.39, 0.29) is 19.4 Å². The molecule has 0 heterocycles. The minimum atomic E-state index is -4.60. The normalized spacial score (nSPS) is 14.0. The Labute approximate surface area is 299 Å². The van der Waals surface area contributed by atoms with Crippen LogP contribution in [0.2, 0.25) is 0 Å². The first-order chi connectivity index (χ1) is 23.7. The van der Waals surface area contributed by atoms with Crippen molar-refractivity contribution in [2.24, 2.45) is 0 Å². The van der Waals surface area contributed by atoms with Crippen molar-refractivity contribution in [1.82, 2.24) is 0 Å². The van der Waals surface area contributed by atoms with Gasteiger partial charge in [0.05, 0.1) is 19.8 Å². The number of phosphoric ester groups is 1. The molecule has 0 aliphatic rings. The molecule has 1 unspecified atom stereocenters. The van der Waals surface area contributed by atoms with Crippen LogP contribution in [0.25, 0.3) is 0 Å². The second-order valence-corrected chi connectivity index (χ2v) is 15.1. The zero-order valence-corrected chi connectivity index (χ0v) is 32.3. The molecule has 0 rings (SSSR count). The lowest BCUT2D eigenvalue weighted by Gasteiger charge is -2.20. The van der Waals surface area contributed by atoms with Crippen LogP contribution in [0.3, 0.4) is 0 Å². The molecule has 0 aliphatic heterocycles. The summed E-state index contributed by atoms with van der Waals surface area (Å²) in [4.78, 5) is 34.8. The zero-order chi connectivity index (χ0) is 36.3. The molecule has 0 aromatic rings. The Morgan fingerprint density at radius 3 is 1.27 bits per heavy atom. The molecule has 0 aromatic carbocycles. The third-order valence-electron chi connectivity index (χ3n) is 8.76. The number of carbonyl (C=O) groups excluding carboxylic acids is 2. The van der Waals surface area contributed by atoms with Crippen LogP contribution in [0.15, 0.2) is 0 Å². The second kappa shape index (κ2) is 35.4. The van der Waals surface area contributed by atoms with Crippen LogP contribution in [0.5, 0.6) is 0 Å². The molecule has 49 heavy (non-hydrogen) atoms. The fraction of sp³-hybridized carbons (Fsp3) is 0.947. The predicted molar refractivity (Wildman–Crippen MR) is 196 cm³/mol. The molecule has 0 saturated heterocycles. The highest BCUT2D eigenvalue weighted by Crippen LogP contribution is 2.43.